The molecule has 3 nitrogen and oxygen atoms in total. The summed E-state index contributed by atoms with van der Waals surface area (Å²) in [4.78, 5) is 4.22. The molecule has 4 heteroatoms. The summed E-state index contributed by atoms with van der Waals surface area (Å²) in [5.74, 6) is 1.21. The lowest BCUT2D eigenvalue weighted by molar-refractivity contribution is 0.455. The van der Waals surface area contributed by atoms with Crippen LogP contribution in [0.25, 0.3) is 0 Å². The molecule has 18 heavy (non-hydrogen) atoms. The third-order valence-electron chi connectivity index (χ3n) is 2.52. The average Bonchev–Trinajstić information content (AvgIpc) is 2.35. The first-order valence-electron chi connectivity index (χ1n) is 5.41. The second-order valence-corrected chi connectivity index (χ2v) is 4.89. The molecule has 2 aromatic rings. The zero-order chi connectivity index (χ0) is 13.1. The molecule has 1 heterocycles. The SMILES string of the molecule is Cc1ccc(C#N)cc1Oc1ncc(Br)cc1C. The first-order chi connectivity index (χ1) is 8.60. The van der Waals surface area contributed by atoms with E-state index in [-0.39, 0.29) is 0 Å². The summed E-state index contributed by atoms with van der Waals surface area (Å²) in [5.41, 5.74) is 2.48. The van der Waals surface area contributed by atoms with Crippen molar-refractivity contribution in [2.45, 2.75) is 13.8 Å². The highest BCUT2D eigenvalue weighted by atomic mass is 79.9. The summed E-state index contributed by atoms with van der Waals surface area (Å²) in [6.07, 6.45) is 1.69. The third-order valence-corrected chi connectivity index (χ3v) is 2.95. The summed E-state index contributed by atoms with van der Waals surface area (Å²) in [6, 6.07) is 9.38. The Labute approximate surface area is 114 Å². The molecule has 0 fully saturated rings. The lowest BCUT2D eigenvalue weighted by atomic mass is 10.1. The van der Waals surface area contributed by atoms with Crippen LogP contribution in [0.4, 0.5) is 0 Å². The van der Waals surface area contributed by atoms with Gasteiger partial charge in [-0.05, 0) is 53.5 Å². The number of aromatic nitrogens is 1. The second-order valence-electron chi connectivity index (χ2n) is 3.97. The fourth-order valence-corrected chi connectivity index (χ4v) is 1.96. The van der Waals surface area contributed by atoms with Crippen molar-refractivity contribution in [1.82, 2.24) is 4.98 Å². The number of ether oxygens (including phenoxy) is 1. The van der Waals surface area contributed by atoms with Crippen molar-refractivity contribution in [2.24, 2.45) is 0 Å². The molecule has 0 aliphatic carbocycles. The molecule has 0 unspecified atom stereocenters. The molecule has 1 aromatic carbocycles. The van der Waals surface area contributed by atoms with Crippen LogP contribution in [0.2, 0.25) is 0 Å². The number of nitriles is 1. The summed E-state index contributed by atoms with van der Waals surface area (Å²) in [5, 5.41) is 8.88. The van der Waals surface area contributed by atoms with Crippen molar-refractivity contribution >= 4 is 15.9 Å². The van der Waals surface area contributed by atoms with Crippen LogP contribution < -0.4 is 4.74 Å². The zero-order valence-corrected chi connectivity index (χ0v) is 11.7. The van der Waals surface area contributed by atoms with Crippen LogP contribution in [0, 0.1) is 25.2 Å². The van der Waals surface area contributed by atoms with Gasteiger partial charge in [0.1, 0.15) is 5.75 Å². The Hall–Kier alpha value is -1.86. The van der Waals surface area contributed by atoms with Crippen molar-refractivity contribution in [1.29, 1.82) is 5.26 Å². The van der Waals surface area contributed by atoms with Crippen molar-refractivity contribution in [3.05, 3.63) is 51.6 Å². The number of hydrogen-bond donors (Lipinski definition) is 0. The zero-order valence-electron chi connectivity index (χ0n) is 10.1. The van der Waals surface area contributed by atoms with Gasteiger partial charge in [-0.2, -0.15) is 5.26 Å². The number of aryl methyl sites for hydroxylation is 2. The van der Waals surface area contributed by atoms with Gasteiger partial charge in [0.05, 0.1) is 11.6 Å². The van der Waals surface area contributed by atoms with Crippen LogP contribution in [0.15, 0.2) is 34.9 Å². The number of nitrogens with zero attached hydrogens (tertiary/aromatic N) is 2. The van der Waals surface area contributed by atoms with Gasteiger partial charge in [0.2, 0.25) is 5.88 Å². The van der Waals surface area contributed by atoms with Gasteiger partial charge in [0.25, 0.3) is 0 Å². The molecule has 2 rings (SSSR count). The van der Waals surface area contributed by atoms with E-state index >= 15 is 0 Å². The summed E-state index contributed by atoms with van der Waals surface area (Å²) < 4.78 is 6.67. The standard InChI is InChI=1S/C14H11BrN2O/c1-9-3-4-11(7-16)6-13(9)18-14-10(2)5-12(15)8-17-14/h3-6,8H,1-2H3. The number of rotatable bonds is 2. The molecular weight excluding hydrogens is 292 g/mol. The van der Waals surface area contributed by atoms with Crippen molar-refractivity contribution < 1.29 is 4.74 Å². The van der Waals surface area contributed by atoms with E-state index in [9.17, 15) is 0 Å². The highest BCUT2D eigenvalue weighted by molar-refractivity contribution is 9.10. The minimum atomic E-state index is 0.552. The largest absolute Gasteiger partial charge is 0.438 e. The Kier molecular flexibility index (Phi) is 3.63. The minimum absolute atomic E-state index is 0.552. The number of pyridine rings is 1. The van der Waals surface area contributed by atoms with Crippen molar-refractivity contribution in [2.75, 3.05) is 0 Å². The van der Waals surface area contributed by atoms with E-state index < -0.39 is 0 Å². The maximum atomic E-state index is 8.88. The highest BCUT2D eigenvalue weighted by Crippen LogP contribution is 2.27. The molecule has 0 saturated carbocycles. The van der Waals surface area contributed by atoms with Gasteiger partial charge < -0.3 is 4.74 Å². The molecule has 0 N–H and O–H groups in total. The van der Waals surface area contributed by atoms with Crippen LogP contribution in [-0.4, -0.2) is 4.98 Å². The summed E-state index contributed by atoms with van der Waals surface area (Å²) in [6.45, 7) is 3.86. The molecule has 1 aromatic heterocycles. The molecule has 0 aliphatic heterocycles. The molecular formula is C14H11BrN2O. The molecule has 0 saturated heterocycles. The van der Waals surface area contributed by atoms with E-state index in [4.69, 9.17) is 10.00 Å². The quantitative estimate of drug-likeness (QED) is 0.838. The Morgan fingerprint density at radius 2 is 2.00 bits per heavy atom. The van der Waals surface area contributed by atoms with E-state index in [2.05, 4.69) is 27.0 Å². The van der Waals surface area contributed by atoms with Gasteiger partial charge in [0.15, 0.2) is 0 Å². The predicted octanol–water partition coefficient (Wildman–Crippen LogP) is 4.12. The lowest BCUT2D eigenvalue weighted by Crippen LogP contribution is -1.93. The Bertz CT molecular complexity index is 632. The molecule has 0 bridgehead atoms. The van der Waals surface area contributed by atoms with E-state index in [1.54, 1.807) is 18.3 Å². The second kappa shape index (κ2) is 5.19. The minimum Gasteiger partial charge on any atom is -0.438 e. The monoisotopic (exact) mass is 302 g/mol. The normalized spacial score (nSPS) is 9.89. The number of hydrogen-bond acceptors (Lipinski definition) is 3. The average molecular weight is 303 g/mol. The van der Waals surface area contributed by atoms with E-state index in [1.807, 2.05) is 26.0 Å². The van der Waals surface area contributed by atoms with Crippen LogP contribution in [0.1, 0.15) is 16.7 Å². The smallest absolute Gasteiger partial charge is 0.222 e. The van der Waals surface area contributed by atoms with E-state index in [0.717, 1.165) is 15.6 Å². The van der Waals surface area contributed by atoms with Gasteiger partial charge in [-0.15, -0.1) is 0 Å². The van der Waals surface area contributed by atoms with Crippen LogP contribution in [0.3, 0.4) is 0 Å². The Balaban J connectivity index is 2.37. The fraction of sp³-hybridized carbons (Fsp3) is 0.143. The van der Waals surface area contributed by atoms with Crippen molar-refractivity contribution in [3.8, 4) is 17.7 Å². The van der Waals surface area contributed by atoms with Gasteiger partial charge >= 0.3 is 0 Å². The fourth-order valence-electron chi connectivity index (χ4n) is 1.52. The van der Waals surface area contributed by atoms with Gasteiger partial charge in [-0.3, -0.25) is 0 Å². The van der Waals surface area contributed by atoms with Crippen molar-refractivity contribution in [3.63, 3.8) is 0 Å². The molecule has 0 radical (unpaired) electrons. The summed E-state index contributed by atoms with van der Waals surface area (Å²) >= 11 is 3.36. The first kappa shape index (κ1) is 12.6. The number of benzene rings is 1. The molecule has 0 atom stereocenters. The third kappa shape index (κ3) is 2.69. The highest BCUT2D eigenvalue weighted by Gasteiger charge is 2.07. The lowest BCUT2D eigenvalue weighted by Gasteiger charge is -2.10. The molecule has 90 valence electrons. The van der Waals surface area contributed by atoms with Crippen LogP contribution in [-0.2, 0) is 0 Å². The Morgan fingerprint density at radius 3 is 2.67 bits per heavy atom. The van der Waals surface area contributed by atoms with E-state index in [1.165, 1.54) is 0 Å². The Morgan fingerprint density at radius 1 is 1.22 bits per heavy atom. The van der Waals surface area contributed by atoms with Gasteiger partial charge in [-0.25, -0.2) is 4.98 Å². The molecule has 0 aliphatic rings. The topological polar surface area (TPSA) is 45.9 Å². The van der Waals surface area contributed by atoms with Crippen LogP contribution in [0.5, 0.6) is 11.6 Å². The maximum Gasteiger partial charge on any atom is 0.222 e. The van der Waals surface area contributed by atoms with E-state index in [0.29, 0.717) is 17.2 Å². The molecule has 0 amide bonds. The van der Waals surface area contributed by atoms with Gasteiger partial charge in [0, 0.05) is 16.2 Å². The summed E-state index contributed by atoms with van der Waals surface area (Å²) in [7, 11) is 0. The number of halogens is 1. The van der Waals surface area contributed by atoms with Crippen LogP contribution >= 0.6 is 15.9 Å². The predicted molar refractivity (Wildman–Crippen MR) is 72.6 cm³/mol. The molecule has 0 spiro atoms. The van der Waals surface area contributed by atoms with Gasteiger partial charge in [-0.1, -0.05) is 6.07 Å². The maximum absolute atomic E-state index is 8.88. The first-order valence-corrected chi connectivity index (χ1v) is 6.20.